The van der Waals surface area contributed by atoms with E-state index in [1.165, 1.54) is 0 Å². The molecule has 3 aromatic rings. The quantitative estimate of drug-likeness (QED) is 0.636. The van der Waals surface area contributed by atoms with E-state index in [0.29, 0.717) is 12.1 Å². The molecule has 7 heteroatoms. The number of sulfonamides is 1. The Morgan fingerprint density at radius 2 is 1.68 bits per heavy atom. The molecule has 28 heavy (non-hydrogen) atoms. The number of hydrogen-bond donors (Lipinski definition) is 1. The SMILES string of the molecule is COC(=O)c1ccc(F)cc1S(=O)(=O)Nc1ccccc1Cc1ccccc1. The number of para-hydroxylation sites is 1. The van der Waals surface area contributed by atoms with Crippen LogP contribution in [-0.2, 0) is 21.2 Å². The molecule has 1 N–H and O–H groups in total. The van der Waals surface area contributed by atoms with Gasteiger partial charge in [-0.15, -0.1) is 0 Å². The van der Waals surface area contributed by atoms with Gasteiger partial charge >= 0.3 is 5.97 Å². The molecular formula is C21H18FNO4S. The highest BCUT2D eigenvalue weighted by Gasteiger charge is 2.24. The molecule has 144 valence electrons. The van der Waals surface area contributed by atoms with Gasteiger partial charge in [0.05, 0.1) is 18.4 Å². The summed E-state index contributed by atoms with van der Waals surface area (Å²) in [7, 11) is -3.10. The normalized spacial score (nSPS) is 11.1. The number of hydrogen-bond acceptors (Lipinski definition) is 4. The van der Waals surface area contributed by atoms with Crippen LogP contribution < -0.4 is 4.72 Å². The third kappa shape index (κ3) is 4.37. The van der Waals surface area contributed by atoms with Gasteiger partial charge in [-0.25, -0.2) is 17.6 Å². The van der Waals surface area contributed by atoms with E-state index >= 15 is 0 Å². The third-order valence-corrected chi connectivity index (χ3v) is 5.54. The van der Waals surface area contributed by atoms with E-state index < -0.39 is 26.7 Å². The lowest BCUT2D eigenvalue weighted by atomic mass is 10.0. The van der Waals surface area contributed by atoms with Crippen LogP contribution in [0, 0.1) is 5.82 Å². The maximum absolute atomic E-state index is 13.7. The highest BCUT2D eigenvalue weighted by molar-refractivity contribution is 7.92. The number of nitrogens with one attached hydrogen (secondary N) is 1. The van der Waals surface area contributed by atoms with Gasteiger partial charge in [0.1, 0.15) is 10.7 Å². The first-order valence-electron chi connectivity index (χ1n) is 8.43. The van der Waals surface area contributed by atoms with Crippen molar-refractivity contribution in [2.75, 3.05) is 11.8 Å². The maximum atomic E-state index is 13.7. The maximum Gasteiger partial charge on any atom is 0.339 e. The largest absolute Gasteiger partial charge is 0.465 e. The topological polar surface area (TPSA) is 72.5 Å². The number of esters is 1. The Morgan fingerprint density at radius 1 is 1.00 bits per heavy atom. The molecule has 0 unspecified atom stereocenters. The van der Waals surface area contributed by atoms with Crippen LogP contribution in [-0.4, -0.2) is 21.5 Å². The molecule has 0 bridgehead atoms. The summed E-state index contributed by atoms with van der Waals surface area (Å²) >= 11 is 0. The van der Waals surface area contributed by atoms with Crippen LogP contribution >= 0.6 is 0 Å². The van der Waals surface area contributed by atoms with Crippen LogP contribution in [0.1, 0.15) is 21.5 Å². The van der Waals surface area contributed by atoms with E-state index in [2.05, 4.69) is 9.46 Å². The molecule has 0 aliphatic carbocycles. The Hall–Kier alpha value is -3.19. The molecule has 0 aliphatic heterocycles. The van der Waals surface area contributed by atoms with Crippen molar-refractivity contribution in [2.45, 2.75) is 11.3 Å². The zero-order valence-corrected chi connectivity index (χ0v) is 15.9. The van der Waals surface area contributed by atoms with Crippen molar-refractivity contribution in [1.29, 1.82) is 0 Å². The third-order valence-electron chi connectivity index (χ3n) is 4.14. The number of carbonyl (C=O) groups excluding carboxylic acids is 1. The van der Waals surface area contributed by atoms with Gasteiger partial charge in [0.15, 0.2) is 0 Å². The fourth-order valence-electron chi connectivity index (χ4n) is 2.79. The zero-order valence-electron chi connectivity index (χ0n) is 15.1. The van der Waals surface area contributed by atoms with Crippen LogP contribution in [0.3, 0.4) is 0 Å². The highest BCUT2D eigenvalue weighted by Crippen LogP contribution is 2.25. The first-order valence-corrected chi connectivity index (χ1v) is 9.91. The molecule has 0 saturated heterocycles. The van der Waals surface area contributed by atoms with Gasteiger partial charge in [0, 0.05) is 0 Å². The molecule has 3 aromatic carbocycles. The van der Waals surface area contributed by atoms with Gasteiger partial charge < -0.3 is 4.74 Å². The minimum atomic E-state index is -4.23. The van der Waals surface area contributed by atoms with Crippen LogP contribution in [0.25, 0.3) is 0 Å². The van der Waals surface area contributed by atoms with Gasteiger partial charge in [-0.1, -0.05) is 48.5 Å². The number of methoxy groups -OCH3 is 1. The smallest absolute Gasteiger partial charge is 0.339 e. The lowest BCUT2D eigenvalue weighted by molar-refractivity contribution is 0.0596. The summed E-state index contributed by atoms with van der Waals surface area (Å²) < 4.78 is 46.6. The second-order valence-corrected chi connectivity index (χ2v) is 7.71. The fraction of sp³-hybridized carbons (Fsp3) is 0.0952. The molecule has 0 aromatic heterocycles. The summed E-state index contributed by atoms with van der Waals surface area (Å²) in [5, 5.41) is 0. The zero-order chi connectivity index (χ0) is 20.1. The van der Waals surface area contributed by atoms with E-state index in [-0.39, 0.29) is 5.56 Å². The Kier molecular flexibility index (Phi) is 5.75. The number of anilines is 1. The summed E-state index contributed by atoms with van der Waals surface area (Å²) in [4.78, 5) is 11.4. The molecule has 0 amide bonds. The summed E-state index contributed by atoms with van der Waals surface area (Å²) in [5.74, 6) is -1.64. The van der Waals surface area contributed by atoms with Crippen LogP contribution in [0.5, 0.6) is 0 Å². The molecule has 3 rings (SSSR count). The predicted molar refractivity (Wildman–Crippen MR) is 104 cm³/mol. The van der Waals surface area contributed by atoms with E-state index in [0.717, 1.165) is 36.4 Å². The molecule has 0 atom stereocenters. The summed E-state index contributed by atoms with van der Waals surface area (Å²) in [6.07, 6.45) is 0.506. The first kappa shape index (κ1) is 19.6. The lowest BCUT2D eigenvalue weighted by Crippen LogP contribution is -2.18. The Balaban J connectivity index is 1.98. The fourth-order valence-corrected chi connectivity index (χ4v) is 4.09. The van der Waals surface area contributed by atoms with Crippen LogP contribution in [0.4, 0.5) is 10.1 Å². The van der Waals surface area contributed by atoms with E-state index in [9.17, 15) is 17.6 Å². The Bertz CT molecular complexity index is 1100. The molecule has 0 heterocycles. The molecule has 0 saturated carbocycles. The summed E-state index contributed by atoms with van der Waals surface area (Å²) in [5.41, 5.74) is 1.87. The standard InChI is InChI=1S/C21H18FNO4S/c1-27-21(24)18-12-11-17(22)14-20(18)28(25,26)23-19-10-6-5-9-16(19)13-15-7-3-2-4-8-15/h2-12,14,23H,13H2,1H3. The second-order valence-electron chi connectivity index (χ2n) is 6.06. The van der Waals surface area contributed by atoms with Gasteiger partial charge in [-0.2, -0.15) is 0 Å². The molecule has 0 aliphatic rings. The average Bonchev–Trinajstić information content (AvgIpc) is 2.69. The van der Waals surface area contributed by atoms with Gasteiger partial charge in [-0.3, -0.25) is 4.72 Å². The number of rotatable bonds is 6. The van der Waals surface area contributed by atoms with Crippen LogP contribution in [0.15, 0.2) is 77.7 Å². The Labute approximate surface area is 162 Å². The van der Waals surface area contributed by atoms with Crippen molar-refractivity contribution < 1.29 is 22.3 Å². The monoisotopic (exact) mass is 399 g/mol. The molecule has 0 spiro atoms. The Morgan fingerprint density at radius 3 is 2.39 bits per heavy atom. The number of carbonyl (C=O) groups is 1. The second kappa shape index (κ2) is 8.22. The van der Waals surface area contributed by atoms with Gasteiger partial charge in [0.25, 0.3) is 10.0 Å². The summed E-state index contributed by atoms with van der Waals surface area (Å²) in [6, 6.07) is 19.4. The van der Waals surface area contributed by atoms with Gasteiger partial charge in [0.2, 0.25) is 0 Å². The predicted octanol–water partition coefficient (Wildman–Crippen LogP) is 4.00. The van der Waals surface area contributed by atoms with E-state index in [4.69, 9.17) is 0 Å². The minimum absolute atomic E-state index is 0.239. The molecule has 0 fully saturated rings. The number of benzene rings is 3. The average molecular weight is 399 g/mol. The van der Waals surface area contributed by atoms with Gasteiger partial charge in [-0.05, 0) is 41.8 Å². The molecule has 5 nitrogen and oxygen atoms in total. The number of ether oxygens (including phenoxy) is 1. The minimum Gasteiger partial charge on any atom is -0.465 e. The first-order chi connectivity index (χ1) is 13.4. The lowest BCUT2D eigenvalue weighted by Gasteiger charge is -2.14. The van der Waals surface area contributed by atoms with Crippen molar-refractivity contribution in [2.24, 2.45) is 0 Å². The summed E-state index contributed by atoms with van der Waals surface area (Å²) in [6.45, 7) is 0. The van der Waals surface area contributed by atoms with Crippen molar-refractivity contribution >= 4 is 21.7 Å². The number of halogens is 1. The van der Waals surface area contributed by atoms with E-state index in [1.54, 1.807) is 24.3 Å². The van der Waals surface area contributed by atoms with E-state index in [1.807, 2.05) is 30.3 Å². The highest BCUT2D eigenvalue weighted by atomic mass is 32.2. The molecular weight excluding hydrogens is 381 g/mol. The molecule has 0 radical (unpaired) electrons. The van der Waals surface area contributed by atoms with Crippen LogP contribution in [0.2, 0.25) is 0 Å². The van der Waals surface area contributed by atoms with Crippen molar-refractivity contribution in [3.8, 4) is 0 Å². The van der Waals surface area contributed by atoms with Crippen molar-refractivity contribution in [3.63, 3.8) is 0 Å². The van der Waals surface area contributed by atoms with Crippen molar-refractivity contribution in [1.82, 2.24) is 0 Å². The van der Waals surface area contributed by atoms with Crippen molar-refractivity contribution in [3.05, 3.63) is 95.3 Å².